The molecule has 1 aliphatic rings. The molecule has 0 spiro atoms. The van der Waals surface area contributed by atoms with Gasteiger partial charge in [0.25, 0.3) is 0 Å². The Balaban J connectivity index is 1.46. The van der Waals surface area contributed by atoms with Gasteiger partial charge in [0.1, 0.15) is 0 Å². The monoisotopic (exact) mass is 385 g/mol. The minimum Gasteiger partial charge on any atom is -0.355 e. The van der Waals surface area contributed by atoms with Gasteiger partial charge in [-0.2, -0.15) is 0 Å². The zero-order valence-electron chi connectivity index (χ0n) is 13.9. The zero-order valence-corrected chi connectivity index (χ0v) is 15.4. The molecule has 0 saturated heterocycles. The van der Waals surface area contributed by atoms with Crippen molar-refractivity contribution >= 4 is 46.2 Å². The minimum atomic E-state index is -0.151. The number of amides is 2. The van der Waals surface area contributed by atoms with Gasteiger partial charge in [-0.1, -0.05) is 47.5 Å². The van der Waals surface area contributed by atoms with Crippen molar-refractivity contribution in [1.29, 1.82) is 0 Å². The van der Waals surface area contributed by atoms with Crippen LogP contribution in [0.1, 0.15) is 16.8 Å². The molecule has 2 aromatic carbocycles. The lowest BCUT2D eigenvalue weighted by Crippen LogP contribution is -2.37. The van der Waals surface area contributed by atoms with E-state index in [4.69, 9.17) is 23.2 Å². The number of nitrogens with one attached hydrogen (secondary N) is 2. The molecule has 0 aliphatic carbocycles. The van der Waals surface area contributed by atoms with Crippen LogP contribution in [0.5, 0.6) is 0 Å². The van der Waals surface area contributed by atoms with E-state index in [1.165, 1.54) is 10.9 Å². The lowest BCUT2D eigenvalue weighted by molar-refractivity contribution is 0.215. The first-order valence-corrected chi connectivity index (χ1v) is 9.13. The van der Waals surface area contributed by atoms with Crippen molar-refractivity contribution in [3.63, 3.8) is 0 Å². The molecule has 26 heavy (non-hydrogen) atoms. The predicted octanol–water partition coefficient (Wildman–Crippen LogP) is 5.21. The van der Waals surface area contributed by atoms with Crippen molar-refractivity contribution in [3.05, 3.63) is 75.5 Å². The predicted molar refractivity (Wildman–Crippen MR) is 106 cm³/mol. The van der Waals surface area contributed by atoms with Gasteiger partial charge in [-0.05, 0) is 41.8 Å². The van der Waals surface area contributed by atoms with Crippen LogP contribution in [-0.4, -0.2) is 22.5 Å². The molecule has 0 atom stereocenters. The Morgan fingerprint density at radius 2 is 2.04 bits per heavy atom. The number of halogens is 2. The molecule has 6 heteroatoms. The summed E-state index contributed by atoms with van der Waals surface area (Å²) in [5, 5.41) is 5.25. The van der Waals surface area contributed by atoms with E-state index in [-0.39, 0.29) is 6.03 Å². The normalized spacial score (nSPS) is 13.5. The molecular weight excluding hydrogens is 369 g/mol. The van der Waals surface area contributed by atoms with E-state index in [2.05, 4.69) is 22.4 Å². The van der Waals surface area contributed by atoms with Crippen LogP contribution in [-0.2, 0) is 13.0 Å². The van der Waals surface area contributed by atoms with Crippen LogP contribution in [0.2, 0.25) is 10.0 Å². The van der Waals surface area contributed by atoms with E-state index in [0.717, 1.165) is 23.2 Å². The minimum absolute atomic E-state index is 0.151. The van der Waals surface area contributed by atoms with Gasteiger partial charge >= 0.3 is 6.03 Å². The number of hydrogen-bond donors (Lipinski definition) is 2. The fraction of sp³-hybridized carbons (Fsp3) is 0.150. The summed E-state index contributed by atoms with van der Waals surface area (Å²) in [6, 6.07) is 13.3. The van der Waals surface area contributed by atoms with Crippen molar-refractivity contribution in [1.82, 2.24) is 15.2 Å². The first-order valence-electron chi connectivity index (χ1n) is 8.38. The van der Waals surface area contributed by atoms with Gasteiger partial charge in [0.05, 0.1) is 0 Å². The Hall–Kier alpha value is -2.43. The van der Waals surface area contributed by atoms with Gasteiger partial charge in [-0.3, -0.25) is 0 Å². The van der Waals surface area contributed by atoms with Crippen LogP contribution >= 0.6 is 23.2 Å². The summed E-state index contributed by atoms with van der Waals surface area (Å²) in [5.41, 5.74) is 4.26. The molecule has 4 nitrogen and oxygen atoms in total. The maximum atomic E-state index is 12.5. The van der Waals surface area contributed by atoms with E-state index in [1.54, 1.807) is 17.0 Å². The molecule has 1 aliphatic heterocycles. The summed E-state index contributed by atoms with van der Waals surface area (Å²) in [6.07, 6.45) is 4.57. The molecule has 2 amide bonds. The van der Waals surface area contributed by atoms with Gasteiger partial charge in [-0.25, -0.2) is 4.79 Å². The second kappa shape index (κ2) is 7.06. The molecule has 132 valence electrons. The number of benzene rings is 2. The fourth-order valence-corrected chi connectivity index (χ4v) is 3.69. The number of fused-ring (bicyclic) bond motifs is 3. The fourth-order valence-electron chi connectivity index (χ4n) is 3.21. The number of para-hydroxylation sites is 1. The topological polar surface area (TPSA) is 48.1 Å². The summed E-state index contributed by atoms with van der Waals surface area (Å²) in [5.74, 6) is 0. The lowest BCUT2D eigenvalue weighted by Gasteiger charge is -2.18. The molecule has 4 rings (SSSR count). The molecular formula is C20H17Cl2N3O. The van der Waals surface area contributed by atoms with Crippen LogP contribution in [0, 0.1) is 0 Å². The number of carbonyl (C=O) groups excluding carboxylic acids is 1. The lowest BCUT2D eigenvalue weighted by atomic mass is 10.1. The summed E-state index contributed by atoms with van der Waals surface area (Å²) in [6.45, 7) is 0.971. The number of aromatic amines is 1. The Bertz CT molecular complexity index is 1010. The van der Waals surface area contributed by atoms with E-state index < -0.39 is 0 Å². The SMILES string of the molecule is O=C(NCc1ccc(Cl)cc1Cl)N1C=Cc2[nH]c3ccccc3c2CC1. The molecule has 0 unspecified atom stereocenters. The summed E-state index contributed by atoms with van der Waals surface area (Å²) < 4.78 is 0. The van der Waals surface area contributed by atoms with Gasteiger partial charge < -0.3 is 15.2 Å². The second-order valence-electron chi connectivity index (χ2n) is 6.22. The number of rotatable bonds is 2. The average molecular weight is 386 g/mol. The average Bonchev–Trinajstić information content (AvgIpc) is 2.85. The van der Waals surface area contributed by atoms with Crippen LogP contribution < -0.4 is 5.32 Å². The van der Waals surface area contributed by atoms with E-state index in [1.807, 2.05) is 30.5 Å². The third-order valence-electron chi connectivity index (χ3n) is 4.58. The number of carbonyl (C=O) groups is 1. The number of aromatic nitrogens is 1. The van der Waals surface area contributed by atoms with Gasteiger partial charge in [0.2, 0.25) is 0 Å². The molecule has 3 aromatic rings. The van der Waals surface area contributed by atoms with Crippen molar-refractivity contribution in [3.8, 4) is 0 Å². The number of nitrogens with zero attached hydrogens (tertiary/aromatic N) is 1. The first kappa shape index (κ1) is 17.0. The summed E-state index contributed by atoms with van der Waals surface area (Å²) in [7, 11) is 0. The highest BCUT2D eigenvalue weighted by Gasteiger charge is 2.17. The Morgan fingerprint density at radius 3 is 2.88 bits per heavy atom. The maximum absolute atomic E-state index is 12.5. The number of H-pyrrole nitrogens is 1. The summed E-state index contributed by atoms with van der Waals surface area (Å²) >= 11 is 12.1. The molecule has 0 fully saturated rings. The Morgan fingerprint density at radius 1 is 1.19 bits per heavy atom. The third-order valence-corrected chi connectivity index (χ3v) is 5.16. The highest BCUT2D eigenvalue weighted by atomic mass is 35.5. The van der Waals surface area contributed by atoms with Crippen molar-refractivity contribution < 1.29 is 4.79 Å². The summed E-state index contributed by atoms with van der Waals surface area (Å²) in [4.78, 5) is 17.6. The highest BCUT2D eigenvalue weighted by Crippen LogP contribution is 2.26. The van der Waals surface area contributed by atoms with Gasteiger partial charge in [0.15, 0.2) is 0 Å². The van der Waals surface area contributed by atoms with Crippen molar-refractivity contribution in [2.45, 2.75) is 13.0 Å². The standard InChI is InChI=1S/C20H17Cl2N3O/c21-14-6-5-13(17(22)11-14)12-23-20(26)25-9-7-16-15-3-1-2-4-18(15)24-19(16)8-10-25/h1-6,8,10-11,24H,7,9,12H2,(H,23,26). The van der Waals surface area contributed by atoms with Gasteiger partial charge in [0, 0.05) is 45.9 Å². The molecule has 0 radical (unpaired) electrons. The Labute approximate surface area is 161 Å². The highest BCUT2D eigenvalue weighted by molar-refractivity contribution is 6.35. The largest absolute Gasteiger partial charge is 0.355 e. The van der Waals surface area contributed by atoms with Crippen molar-refractivity contribution in [2.24, 2.45) is 0 Å². The number of urea groups is 1. The molecule has 2 N–H and O–H groups in total. The second-order valence-corrected chi connectivity index (χ2v) is 7.06. The molecule has 1 aromatic heterocycles. The van der Waals surface area contributed by atoms with Crippen LogP contribution in [0.15, 0.2) is 48.7 Å². The first-order chi connectivity index (χ1) is 12.6. The maximum Gasteiger partial charge on any atom is 0.321 e. The molecule has 0 bridgehead atoms. The van der Waals surface area contributed by atoms with E-state index in [9.17, 15) is 4.79 Å². The third kappa shape index (κ3) is 3.30. The van der Waals surface area contributed by atoms with Crippen LogP contribution in [0.4, 0.5) is 4.79 Å². The van der Waals surface area contributed by atoms with E-state index in [0.29, 0.717) is 23.1 Å². The van der Waals surface area contributed by atoms with E-state index >= 15 is 0 Å². The van der Waals surface area contributed by atoms with Crippen LogP contribution in [0.3, 0.4) is 0 Å². The molecule has 2 heterocycles. The molecule has 0 saturated carbocycles. The van der Waals surface area contributed by atoms with Crippen molar-refractivity contribution in [2.75, 3.05) is 6.54 Å². The zero-order chi connectivity index (χ0) is 18.1. The quantitative estimate of drug-likeness (QED) is 0.624. The van der Waals surface area contributed by atoms with Crippen LogP contribution in [0.25, 0.3) is 17.0 Å². The number of hydrogen-bond acceptors (Lipinski definition) is 1. The Kier molecular flexibility index (Phi) is 4.62. The smallest absolute Gasteiger partial charge is 0.321 e. The van der Waals surface area contributed by atoms with Gasteiger partial charge in [-0.15, -0.1) is 0 Å².